The van der Waals surface area contributed by atoms with Crippen molar-refractivity contribution in [1.29, 1.82) is 0 Å². The van der Waals surface area contributed by atoms with Gasteiger partial charge in [0.15, 0.2) is 5.78 Å². The molecule has 0 bridgehead atoms. The van der Waals surface area contributed by atoms with E-state index in [1.807, 2.05) is 36.4 Å². The highest BCUT2D eigenvalue weighted by Gasteiger charge is 2.21. The fraction of sp³-hybridized carbons (Fsp3) is 0.0741. The molecule has 0 fully saturated rings. The van der Waals surface area contributed by atoms with Crippen LogP contribution in [0.5, 0.6) is 0 Å². The molecule has 3 aromatic carbocycles. The summed E-state index contributed by atoms with van der Waals surface area (Å²) in [5.41, 5.74) is 2.13. The van der Waals surface area contributed by atoms with Crippen molar-refractivity contribution in [1.82, 2.24) is 9.36 Å². The Labute approximate surface area is 197 Å². The number of rotatable bonds is 7. The van der Waals surface area contributed by atoms with Crippen LogP contribution in [0.15, 0.2) is 108 Å². The van der Waals surface area contributed by atoms with Crippen LogP contribution >= 0.6 is 0 Å². The number of nitrogens with zero attached hydrogens (tertiary/aromatic N) is 2. The van der Waals surface area contributed by atoms with E-state index in [1.54, 1.807) is 73.3 Å². The van der Waals surface area contributed by atoms with Crippen LogP contribution in [-0.4, -0.2) is 21.1 Å². The lowest BCUT2D eigenvalue weighted by Gasteiger charge is -2.11. The molecule has 0 spiro atoms. The first-order valence-electron chi connectivity index (χ1n) is 10.7. The SMILES string of the molecule is Cc1c(N/C(=C\C(=O)c2ccccc2)C(=O)Nc2ccccc2)c(=O)n(-c2ccccc2)n1C. The van der Waals surface area contributed by atoms with Crippen LogP contribution in [0.25, 0.3) is 5.69 Å². The van der Waals surface area contributed by atoms with Crippen molar-refractivity contribution in [3.63, 3.8) is 0 Å². The van der Waals surface area contributed by atoms with E-state index >= 15 is 0 Å². The molecule has 0 aliphatic heterocycles. The zero-order chi connectivity index (χ0) is 24.1. The van der Waals surface area contributed by atoms with Gasteiger partial charge in [-0.25, -0.2) is 4.68 Å². The summed E-state index contributed by atoms with van der Waals surface area (Å²) in [5, 5.41) is 5.71. The topological polar surface area (TPSA) is 85.1 Å². The van der Waals surface area contributed by atoms with Gasteiger partial charge < -0.3 is 10.6 Å². The Morgan fingerprint density at radius 3 is 1.97 bits per heavy atom. The highest BCUT2D eigenvalue weighted by molar-refractivity contribution is 6.13. The minimum Gasteiger partial charge on any atom is -0.345 e. The zero-order valence-electron chi connectivity index (χ0n) is 18.9. The lowest BCUT2D eigenvalue weighted by atomic mass is 10.1. The maximum absolute atomic E-state index is 13.3. The summed E-state index contributed by atoms with van der Waals surface area (Å²) >= 11 is 0. The van der Waals surface area contributed by atoms with Gasteiger partial charge in [0.2, 0.25) is 0 Å². The van der Waals surface area contributed by atoms with Gasteiger partial charge in [-0.05, 0) is 31.2 Å². The van der Waals surface area contributed by atoms with Gasteiger partial charge in [0, 0.05) is 24.4 Å². The molecule has 7 nitrogen and oxygen atoms in total. The molecule has 0 atom stereocenters. The van der Waals surface area contributed by atoms with Crippen LogP contribution < -0.4 is 16.2 Å². The average Bonchev–Trinajstić information content (AvgIpc) is 3.08. The number of hydrogen-bond donors (Lipinski definition) is 2. The standard InChI is InChI=1S/C27H24N4O3/c1-19-25(27(34)31(30(19)2)22-16-10-5-11-17-22)29-23(18-24(32)20-12-6-3-7-13-20)26(33)28-21-14-8-4-9-15-21/h3-18,29H,1-2H3,(H,28,33)/b23-18-. The fourth-order valence-electron chi connectivity index (χ4n) is 3.54. The lowest BCUT2D eigenvalue weighted by Crippen LogP contribution is -2.25. The van der Waals surface area contributed by atoms with E-state index in [4.69, 9.17) is 0 Å². The van der Waals surface area contributed by atoms with E-state index in [0.717, 1.165) is 0 Å². The smallest absolute Gasteiger partial charge is 0.295 e. The van der Waals surface area contributed by atoms with Crippen molar-refractivity contribution in [2.24, 2.45) is 7.05 Å². The molecule has 170 valence electrons. The quantitative estimate of drug-likeness (QED) is 0.323. The number of aromatic nitrogens is 2. The first kappa shape index (κ1) is 22.5. The molecular formula is C27H24N4O3. The van der Waals surface area contributed by atoms with Crippen LogP contribution in [0, 0.1) is 6.92 Å². The second-order valence-corrected chi connectivity index (χ2v) is 7.67. The number of amides is 1. The molecule has 2 N–H and O–H groups in total. The largest absolute Gasteiger partial charge is 0.345 e. The second kappa shape index (κ2) is 9.87. The van der Waals surface area contributed by atoms with Crippen molar-refractivity contribution >= 4 is 23.1 Å². The van der Waals surface area contributed by atoms with E-state index in [0.29, 0.717) is 22.6 Å². The summed E-state index contributed by atoms with van der Waals surface area (Å²) in [7, 11) is 1.76. The van der Waals surface area contributed by atoms with Gasteiger partial charge in [-0.3, -0.25) is 19.1 Å². The third kappa shape index (κ3) is 4.73. The van der Waals surface area contributed by atoms with E-state index in [9.17, 15) is 14.4 Å². The summed E-state index contributed by atoms with van der Waals surface area (Å²) in [6.45, 7) is 1.77. The van der Waals surface area contributed by atoms with E-state index < -0.39 is 5.91 Å². The van der Waals surface area contributed by atoms with Crippen molar-refractivity contribution in [2.45, 2.75) is 6.92 Å². The third-order valence-electron chi connectivity index (χ3n) is 5.42. The summed E-state index contributed by atoms with van der Waals surface area (Å²) in [5.74, 6) is -0.896. The van der Waals surface area contributed by atoms with Crippen LogP contribution in [-0.2, 0) is 11.8 Å². The summed E-state index contributed by atoms with van der Waals surface area (Å²) in [6, 6.07) is 26.7. The Hall–Kier alpha value is -4.65. The third-order valence-corrected chi connectivity index (χ3v) is 5.42. The number of ketones is 1. The highest BCUT2D eigenvalue weighted by Crippen LogP contribution is 2.17. The van der Waals surface area contributed by atoms with Crippen LogP contribution in [0.1, 0.15) is 16.1 Å². The van der Waals surface area contributed by atoms with Gasteiger partial charge in [0.25, 0.3) is 11.5 Å². The Morgan fingerprint density at radius 1 is 0.794 bits per heavy atom. The van der Waals surface area contributed by atoms with Crippen molar-refractivity contribution in [2.75, 3.05) is 10.6 Å². The minimum atomic E-state index is -0.538. The lowest BCUT2D eigenvalue weighted by molar-refractivity contribution is -0.112. The molecule has 4 aromatic rings. The van der Waals surface area contributed by atoms with Gasteiger partial charge in [-0.15, -0.1) is 0 Å². The van der Waals surface area contributed by atoms with Crippen molar-refractivity contribution in [3.8, 4) is 5.69 Å². The van der Waals surface area contributed by atoms with E-state index in [-0.39, 0.29) is 22.7 Å². The Bertz CT molecular complexity index is 1400. The average molecular weight is 453 g/mol. The van der Waals surface area contributed by atoms with Crippen LogP contribution in [0.4, 0.5) is 11.4 Å². The zero-order valence-corrected chi connectivity index (χ0v) is 18.9. The van der Waals surface area contributed by atoms with E-state index in [1.165, 1.54) is 10.8 Å². The monoisotopic (exact) mass is 452 g/mol. The number of carbonyl (C=O) groups excluding carboxylic acids is 2. The number of carbonyl (C=O) groups is 2. The number of allylic oxidation sites excluding steroid dienone is 1. The molecule has 1 aromatic heterocycles. The van der Waals surface area contributed by atoms with Crippen LogP contribution in [0.3, 0.4) is 0 Å². The molecular weight excluding hydrogens is 428 g/mol. The molecule has 0 saturated heterocycles. The first-order chi connectivity index (χ1) is 16.5. The molecule has 1 heterocycles. The number of nitrogens with one attached hydrogen (secondary N) is 2. The van der Waals surface area contributed by atoms with Gasteiger partial charge in [-0.2, -0.15) is 0 Å². The molecule has 0 radical (unpaired) electrons. The number of benzene rings is 3. The summed E-state index contributed by atoms with van der Waals surface area (Å²) in [6.07, 6.45) is 1.21. The second-order valence-electron chi connectivity index (χ2n) is 7.67. The summed E-state index contributed by atoms with van der Waals surface area (Å²) < 4.78 is 3.20. The molecule has 34 heavy (non-hydrogen) atoms. The van der Waals surface area contributed by atoms with Crippen molar-refractivity contribution in [3.05, 3.63) is 124 Å². The minimum absolute atomic E-state index is 0.0382. The molecule has 0 aliphatic carbocycles. The van der Waals surface area contributed by atoms with Crippen LogP contribution in [0.2, 0.25) is 0 Å². The molecule has 0 saturated carbocycles. The summed E-state index contributed by atoms with van der Waals surface area (Å²) in [4.78, 5) is 39.4. The predicted molar refractivity (Wildman–Crippen MR) is 133 cm³/mol. The van der Waals surface area contributed by atoms with Gasteiger partial charge in [0.05, 0.1) is 11.4 Å². The molecule has 7 heteroatoms. The maximum atomic E-state index is 13.3. The van der Waals surface area contributed by atoms with Gasteiger partial charge in [-0.1, -0.05) is 66.7 Å². The Kier molecular flexibility index (Phi) is 6.54. The number of anilines is 2. The van der Waals surface area contributed by atoms with Gasteiger partial charge >= 0.3 is 0 Å². The molecule has 1 amide bonds. The predicted octanol–water partition coefficient (Wildman–Crippen LogP) is 4.30. The normalized spacial score (nSPS) is 11.2. The highest BCUT2D eigenvalue weighted by atomic mass is 16.2. The van der Waals surface area contributed by atoms with Crippen molar-refractivity contribution < 1.29 is 9.59 Å². The Balaban J connectivity index is 1.74. The molecule has 4 rings (SSSR count). The maximum Gasteiger partial charge on any atom is 0.295 e. The Morgan fingerprint density at radius 2 is 1.35 bits per heavy atom. The van der Waals surface area contributed by atoms with E-state index in [2.05, 4.69) is 10.6 Å². The first-order valence-corrected chi connectivity index (χ1v) is 10.7. The van der Waals surface area contributed by atoms with Gasteiger partial charge in [0.1, 0.15) is 11.4 Å². The molecule has 0 unspecified atom stereocenters. The molecule has 0 aliphatic rings. The number of para-hydroxylation sites is 2. The fourth-order valence-corrected chi connectivity index (χ4v) is 3.54. The number of hydrogen-bond acceptors (Lipinski definition) is 4.